The fourth-order valence-corrected chi connectivity index (χ4v) is 3.08. The molecular weight excluding hydrogens is 337 g/mol. The van der Waals surface area contributed by atoms with Crippen LogP contribution in [-0.2, 0) is 13.5 Å². The zero-order valence-electron chi connectivity index (χ0n) is 12.5. The van der Waals surface area contributed by atoms with Crippen molar-refractivity contribution in [3.05, 3.63) is 47.1 Å². The highest BCUT2D eigenvalue weighted by Crippen LogP contribution is 2.31. The molecule has 2 aromatic heterocycles. The van der Waals surface area contributed by atoms with Crippen LogP contribution in [0.1, 0.15) is 12.6 Å². The van der Waals surface area contributed by atoms with Crippen LogP contribution in [0, 0.1) is 5.82 Å². The van der Waals surface area contributed by atoms with Gasteiger partial charge in [0.15, 0.2) is 16.8 Å². The lowest BCUT2D eigenvalue weighted by atomic mass is 10.2. The number of hydrogen-bond donors (Lipinski definition) is 0. The van der Waals surface area contributed by atoms with Gasteiger partial charge in [-0.25, -0.2) is 14.4 Å². The molecule has 8 heteroatoms. The maximum absolute atomic E-state index is 14.3. The van der Waals surface area contributed by atoms with E-state index in [2.05, 4.69) is 20.2 Å². The molecular formula is C15H13ClFN5S. The molecule has 0 amide bonds. The van der Waals surface area contributed by atoms with E-state index in [9.17, 15) is 4.39 Å². The summed E-state index contributed by atoms with van der Waals surface area (Å²) in [5.74, 6) is 0.200. The minimum Gasteiger partial charge on any atom is -0.305 e. The third-order valence-corrected chi connectivity index (χ3v) is 4.65. The summed E-state index contributed by atoms with van der Waals surface area (Å²) < 4.78 is 16.0. The Hall–Kier alpha value is -1.99. The summed E-state index contributed by atoms with van der Waals surface area (Å²) in [6.07, 6.45) is 1.86. The summed E-state index contributed by atoms with van der Waals surface area (Å²) in [5.41, 5.74) is 1.16. The average Bonchev–Trinajstić information content (AvgIpc) is 2.91. The van der Waals surface area contributed by atoms with Gasteiger partial charge in [-0.1, -0.05) is 30.7 Å². The van der Waals surface area contributed by atoms with Gasteiger partial charge >= 0.3 is 0 Å². The molecule has 0 atom stereocenters. The zero-order valence-corrected chi connectivity index (χ0v) is 14.1. The molecule has 0 aliphatic heterocycles. The van der Waals surface area contributed by atoms with Crippen LogP contribution < -0.4 is 0 Å². The second-order valence-corrected chi connectivity index (χ2v) is 6.10. The number of aromatic nitrogens is 5. The van der Waals surface area contributed by atoms with E-state index in [0.29, 0.717) is 28.1 Å². The molecule has 0 saturated heterocycles. The van der Waals surface area contributed by atoms with E-state index in [1.807, 2.05) is 25.1 Å². The third-order valence-electron chi connectivity index (χ3n) is 3.30. The van der Waals surface area contributed by atoms with Gasteiger partial charge in [0.05, 0.1) is 10.7 Å². The normalized spacial score (nSPS) is 11.0. The topological polar surface area (TPSA) is 56.5 Å². The van der Waals surface area contributed by atoms with Gasteiger partial charge in [0.1, 0.15) is 11.4 Å². The smallest absolute Gasteiger partial charge is 0.197 e. The van der Waals surface area contributed by atoms with Gasteiger partial charge in [-0.3, -0.25) is 0 Å². The Labute approximate surface area is 141 Å². The summed E-state index contributed by atoms with van der Waals surface area (Å²) in [5, 5.41) is 9.62. The third kappa shape index (κ3) is 3.07. The van der Waals surface area contributed by atoms with E-state index in [0.717, 1.165) is 17.3 Å². The Kier molecular flexibility index (Phi) is 4.58. The second kappa shape index (κ2) is 6.64. The first-order chi connectivity index (χ1) is 11.1. The van der Waals surface area contributed by atoms with Crippen molar-refractivity contribution in [2.45, 2.75) is 23.5 Å². The van der Waals surface area contributed by atoms with E-state index in [4.69, 9.17) is 11.6 Å². The van der Waals surface area contributed by atoms with Crippen molar-refractivity contribution in [3.63, 3.8) is 0 Å². The molecule has 0 spiro atoms. The summed E-state index contributed by atoms with van der Waals surface area (Å²) in [7, 11) is 1.81. The maximum atomic E-state index is 14.3. The lowest BCUT2D eigenvalue weighted by Crippen LogP contribution is -2.00. The van der Waals surface area contributed by atoms with E-state index in [-0.39, 0.29) is 5.03 Å². The summed E-state index contributed by atoms with van der Waals surface area (Å²) in [6, 6.07) is 7.37. The van der Waals surface area contributed by atoms with Gasteiger partial charge in [-0.15, -0.1) is 10.2 Å². The molecule has 3 rings (SSSR count). The van der Waals surface area contributed by atoms with Gasteiger partial charge in [-0.2, -0.15) is 0 Å². The van der Waals surface area contributed by atoms with Gasteiger partial charge in [0.25, 0.3) is 0 Å². The number of halogens is 2. The minimum atomic E-state index is -0.415. The predicted octanol–water partition coefficient (Wildman–Crippen LogP) is 3.78. The second-order valence-electron chi connectivity index (χ2n) is 4.74. The Balaban J connectivity index is 1.96. The van der Waals surface area contributed by atoms with Crippen LogP contribution in [-0.4, -0.2) is 24.7 Å². The van der Waals surface area contributed by atoms with Crippen molar-refractivity contribution < 1.29 is 4.39 Å². The molecule has 5 nitrogen and oxygen atoms in total. The molecule has 0 fully saturated rings. The van der Waals surface area contributed by atoms with Crippen molar-refractivity contribution in [1.82, 2.24) is 24.7 Å². The first kappa shape index (κ1) is 15.9. The Morgan fingerprint density at radius 3 is 2.74 bits per heavy atom. The van der Waals surface area contributed by atoms with Crippen molar-refractivity contribution in [3.8, 4) is 11.4 Å². The van der Waals surface area contributed by atoms with Crippen LogP contribution in [0.4, 0.5) is 4.39 Å². The highest BCUT2D eigenvalue weighted by Gasteiger charge is 2.17. The van der Waals surface area contributed by atoms with Gasteiger partial charge in [0, 0.05) is 12.6 Å². The van der Waals surface area contributed by atoms with Gasteiger partial charge < -0.3 is 4.57 Å². The van der Waals surface area contributed by atoms with E-state index in [1.54, 1.807) is 17.7 Å². The van der Waals surface area contributed by atoms with Crippen LogP contribution in [0.25, 0.3) is 11.4 Å². The highest BCUT2D eigenvalue weighted by molar-refractivity contribution is 7.99. The number of benzene rings is 1. The van der Waals surface area contributed by atoms with Crippen LogP contribution in [0.3, 0.4) is 0 Å². The average molecular weight is 350 g/mol. The fourth-order valence-electron chi connectivity index (χ4n) is 2.07. The quantitative estimate of drug-likeness (QED) is 0.671. The molecule has 0 radical (unpaired) electrons. The summed E-state index contributed by atoms with van der Waals surface area (Å²) in [4.78, 5) is 7.92. The molecule has 0 aliphatic rings. The van der Waals surface area contributed by atoms with Crippen molar-refractivity contribution >= 4 is 23.4 Å². The van der Waals surface area contributed by atoms with Crippen LogP contribution in [0.2, 0.25) is 5.02 Å². The maximum Gasteiger partial charge on any atom is 0.197 e. The molecule has 118 valence electrons. The molecule has 0 unspecified atom stereocenters. The van der Waals surface area contributed by atoms with Crippen molar-refractivity contribution in [1.29, 1.82) is 0 Å². The SMILES string of the molecule is CCc1ncnc(Sc2nnc(-c3ccccc3Cl)n2C)c1F. The molecule has 0 bridgehead atoms. The van der Waals surface area contributed by atoms with Crippen LogP contribution in [0.5, 0.6) is 0 Å². The zero-order chi connectivity index (χ0) is 16.4. The van der Waals surface area contributed by atoms with Crippen molar-refractivity contribution in [2.75, 3.05) is 0 Å². The Morgan fingerprint density at radius 1 is 1.22 bits per heavy atom. The lowest BCUT2D eigenvalue weighted by molar-refractivity contribution is 0.558. The fraction of sp³-hybridized carbons (Fsp3) is 0.200. The number of hydrogen-bond acceptors (Lipinski definition) is 5. The summed E-state index contributed by atoms with van der Waals surface area (Å²) in [6.45, 7) is 1.84. The molecule has 0 aliphatic carbocycles. The van der Waals surface area contributed by atoms with E-state index >= 15 is 0 Å². The number of aryl methyl sites for hydroxylation is 1. The molecule has 2 heterocycles. The monoisotopic (exact) mass is 349 g/mol. The van der Waals surface area contributed by atoms with Gasteiger partial charge in [0.2, 0.25) is 0 Å². The Bertz CT molecular complexity index is 852. The van der Waals surface area contributed by atoms with Crippen LogP contribution in [0.15, 0.2) is 40.8 Å². The minimum absolute atomic E-state index is 0.234. The van der Waals surface area contributed by atoms with Crippen molar-refractivity contribution in [2.24, 2.45) is 7.05 Å². The molecule has 3 aromatic rings. The molecule has 1 aromatic carbocycles. The van der Waals surface area contributed by atoms with E-state index in [1.165, 1.54) is 6.33 Å². The van der Waals surface area contributed by atoms with Gasteiger partial charge in [-0.05, 0) is 30.3 Å². The highest BCUT2D eigenvalue weighted by atomic mass is 35.5. The standard InChI is InChI=1S/C15H13ClFN5S/c1-3-11-12(17)14(19-8-18-11)23-15-21-20-13(22(15)2)9-6-4-5-7-10(9)16/h4-8H,3H2,1-2H3. The summed E-state index contributed by atoms with van der Waals surface area (Å²) >= 11 is 7.31. The number of rotatable bonds is 4. The first-order valence-corrected chi connectivity index (χ1v) is 8.12. The van der Waals surface area contributed by atoms with Crippen LogP contribution >= 0.6 is 23.4 Å². The largest absolute Gasteiger partial charge is 0.305 e. The molecule has 23 heavy (non-hydrogen) atoms. The number of nitrogens with zero attached hydrogens (tertiary/aromatic N) is 5. The lowest BCUT2D eigenvalue weighted by Gasteiger charge is -2.06. The van der Waals surface area contributed by atoms with E-state index < -0.39 is 5.82 Å². The Morgan fingerprint density at radius 2 is 2.00 bits per heavy atom. The molecule has 0 N–H and O–H groups in total. The predicted molar refractivity (Wildman–Crippen MR) is 86.9 cm³/mol. The first-order valence-electron chi connectivity index (χ1n) is 6.93. The molecule has 0 saturated carbocycles.